The average Bonchev–Trinajstić information content (AvgIpc) is 2.11. The molecular formula is C8H5ClF3O. The van der Waals surface area contributed by atoms with Gasteiger partial charge >= 0.3 is 0 Å². The molecule has 1 radical (unpaired) electrons. The van der Waals surface area contributed by atoms with Crippen LogP contribution in [0, 0.1) is 23.5 Å². The molecule has 1 nitrogen and oxygen atoms in total. The third kappa shape index (κ3) is 1.88. The van der Waals surface area contributed by atoms with E-state index in [1.165, 1.54) is 0 Å². The van der Waals surface area contributed by atoms with Gasteiger partial charge in [-0.05, 0) is 6.92 Å². The average molecular weight is 210 g/mol. The van der Waals surface area contributed by atoms with Crippen LogP contribution in [0.1, 0.15) is 6.92 Å². The molecule has 0 bridgehead atoms. The van der Waals surface area contributed by atoms with Crippen LogP contribution in [0.5, 0.6) is 5.75 Å². The molecule has 0 fully saturated rings. The molecule has 13 heavy (non-hydrogen) atoms. The van der Waals surface area contributed by atoms with E-state index in [2.05, 4.69) is 0 Å². The molecule has 0 aromatic heterocycles. The van der Waals surface area contributed by atoms with Crippen LogP contribution in [0.4, 0.5) is 13.2 Å². The van der Waals surface area contributed by atoms with E-state index >= 15 is 0 Å². The molecule has 1 aromatic rings. The predicted molar refractivity (Wildman–Crippen MR) is 41.3 cm³/mol. The number of rotatable bonds is 2. The van der Waals surface area contributed by atoms with E-state index in [1.807, 2.05) is 6.07 Å². The molecule has 0 aliphatic heterocycles. The van der Waals surface area contributed by atoms with Gasteiger partial charge in [0, 0.05) is 0 Å². The molecule has 0 heterocycles. The molecular weight excluding hydrogens is 205 g/mol. The van der Waals surface area contributed by atoms with Crippen molar-refractivity contribution in [3.63, 3.8) is 0 Å². The topological polar surface area (TPSA) is 9.23 Å². The van der Waals surface area contributed by atoms with Gasteiger partial charge in [0.05, 0.1) is 12.7 Å². The number of halogens is 4. The molecule has 0 N–H and O–H groups in total. The minimum absolute atomic E-state index is 0.167. The Bertz CT molecular complexity index is 328. The summed E-state index contributed by atoms with van der Waals surface area (Å²) in [5.74, 6) is -4.86. The van der Waals surface area contributed by atoms with E-state index in [0.717, 1.165) is 0 Å². The summed E-state index contributed by atoms with van der Waals surface area (Å²) in [6, 6.07) is 1.85. The first-order valence-electron chi connectivity index (χ1n) is 3.46. The zero-order valence-corrected chi connectivity index (χ0v) is 7.38. The molecule has 1 rings (SSSR count). The normalized spacial score (nSPS) is 10.2. The van der Waals surface area contributed by atoms with Gasteiger partial charge in [0.15, 0.2) is 23.2 Å². The maximum Gasteiger partial charge on any atom is 0.196 e. The molecule has 5 heteroatoms. The lowest BCUT2D eigenvalue weighted by Gasteiger charge is -2.06. The highest BCUT2D eigenvalue weighted by Crippen LogP contribution is 2.30. The van der Waals surface area contributed by atoms with Crippen LogP contribution in [-0.4, -0.2) is 6.61 Å². The monoisotopic (exact) mass is 209 g/mol. The Morgan fingerprint density at radius 1 is 1.31 bits per heavy atom. The van der Waals surface area contributed by atoms with Crippen molar-refractivity contribution in [1.29, 1.82) is 0 Å². The molecule has 71 valence electrons. The summed E-state index contributed by atoms with van der Waals surface area (Å²) in [6.07, 6.45) is 0. The van der Waals surface area contributed by atoms with Gasteiger partial charge in [-0.1, -0.05) is 11.6 Å². The van der Waals surface area contributed by atoms with E-state index in [4.69, 9.17) is 16.3 Å². The van der Waals surface area contributed by atoms with E-state index in [1.54, 1.807) is 6.92 Å². The molecule has 0 aliphatic carbocycles. The Labute approximate surface area is 78.1 Å². The Balaban J connectivity index is 3.24. The van der Waals surface area contributed by atoms with Crippen molar-refractivity contribution >= 4 is 11.6 Å². The lowest BCUT2D eigenvalue weighted by atomic mass is 10.3. The van der Waals surface area contributed by atoms with E-state index < -0.39 is 22.5 Å². The minimum atomic E-state index is -1.64. The maximum absolute atomic E-state index is 12.7. The predicted octanol–water partition coefficient (Wildman–Crippen LogP) is 2.96. The molecule has 0 atom stereocenters. The fourth-order valence-electron chi connectivity index (χ4n) is 0.746. The van der Waals surface area contributed by atoms with E-state index in [0.29, 0.717) is 0 Å². The van der Waals surface area contributed by atoms with Gasteiger partial charge in [-0.2, -0.15) is 0 Å². The summed E-state index contributed by atoms with van der Waals surface area (Å²) in [5.41, 5.74) is 0. The van der Waals surface area contributed by atoms with Gasteiger partial charge < -0.3 is 4.74 Å². The van der Waals surface area contributed by atoms with Crippen molar-refractivity contribution in [3.05, 3.63) is 28.5 Å². The van der Waals surface area contributed by atoms with Gasteiger partial charge in [0.1, 0.15) is 5.02 Å². The molecule has 1 aromatic carbocycles. The van der Waals surface area contributed by atoms with Crippen molar-refractivity contribution in [3.8, 4) is 5.75 Å². The van der Waals surface area contributed by atoms with E-state index in [9.17, 15) is 13.2 Å². The third-order valence-corrected chi connectivity index (χ3v) is 1.63. The highest BCUT2D eigenvalue weighted by molar-refractivity contribution is 6.32. The standard InChI is InChI=1S/C8H5ClF3O/c1-2-13-5-3-4(10)7(11)8(12)6(5)9/h2H2,1H3. The fourth-order valence-corrected chi connectivity index (χ4v) is 0.930. The van der Waals surface area contributed by atoms with Crippen LogP contribution >= 0.6 is 11.6 Å². The van der Waals surface area contributed by atoms with Crippen molar-refractivity contribution < 1.29 is 17.9 Å². The summed E-state index contributed by atoms with van der Waals surface area (Å²) in [5, 5.41) is -0.597. The first-order chi connectivity index (χ1) is 6.07. The van der Waals surface area contributed by atoms with Crippen LogP contribution in [-0.2, 0) is 0 Å². The second kappa shape index (κ2) is 3.87. The van der Waals surface area contributed by atoms with Crippen LogP contribution in [0.25, 0.3) is 0 Å². The number of hydrogen-bond donors (Lipinski definition) is 0. The smallest absolute Gasteiger partial charge is 0.196 e. The van der Waals surface area contributed by atoms with Crippen LogP contribution in [0.3, 0.4) is 0 Å². The first kappa shape index (κ1) is 10.2. The van der Waals surface area contributed by atoms with Crippen LogP contribution in [0.15, 0.2) is 0 Å². The zero-order chi connectivity index (χ0) is 10.0. The molecule has 0 aliphatic rings. The lowest BCUT2D eigenvalue weighted by Crippen LogP contribution is -1.99. The molecule has 0 spiro atoms. The van der Waals surface area contributed by atoms with Gasteiger partial charge in [-0.3, -0.25) is 0 Å². The van der Waals surface area contributed by atoms with Crippen molar-refractivity contribution in [2.75, 3.05) is 6.61 Å². The first-order valence-corrected chi connectivity index (χ1v) is 3.83. The highest BCUT2D eigenvalue weighted by atomic mass is 35.5. The second-order valence-corrected chi connectivity index (χ2v) is 2.52. The molecule has 0 saturated carbocycles. The molecule has 0 saturated heterocycles. The highest BCUT2D eigenvalue weighted by Gasteiger charge is 2.18. The van der Waals surface area contributed by atoms with Crippen molar-refractivity contribution in [2.45, 2.75) is 6.92 Å². The summed E-state index contributed by atoms with van der Waals surface area (Å²) in [4.78, 5) is 0. The molecule has 0 amide bonds. The summed E-state index contributed by atoms with van der Waals surface area (Å²) < 4.78 is 42.5. The van der Waals surface area contributed by atoms with Crippen LogP contribution < -0.4 is 4.74 Å². The third-order valence-electron chi connectivity index (χ3n) is 1.29. The Morgan fingerprint density at radius 2 is 1.92 bits per heavy atom. The Morgan fingerprint density at radius 3 is 2.46 bits per heavy atom. The quantitative estimate of drug-likeness (QED) is 0.538. The SMILES string of the molecule is CCOc1[c]c(F)c(F)c(F)c1Cl. The second-order valence-electron chi connectivity index (χ2n) is 2.14. The van der Waals surface area contributed by atoms with Gasteiger partial charge in [-0.25, -0.2) is 13.2 Å². The largest absolute Gasteiger partial charge is 0.491 e. The molecule has 0 unspecified atom stereocenters. The summed E-state index contributed by atoms with van der Waals surface area (Å²) in [7, 11) is 0. The van der Waals surface area contributed by atoms with Gasteiger partial charge in [0.2, 0.25) is 0 Å². The summed E-state index contributed by atoms with van der Waals surface area (Å²) >= 11 is 5.31. The minimum Gasteiger partial charge on any atom is -0.491 e. The van der Waals surface area contributed by atoms with E-state index in [-0.39, 0.29) is 12.4 Å². The lowest BCUT2D eigenvalue weighted by molar-refractivity contribution is 0.330. The fraction of sp³-hybridized carbons (Fsp3) is 0.250. The number of ether oxygens (including phenoxy) is 1. The maximum atomic E-state index is 12.7. The van der Waals surface area contributed by atoms with Crippen molar-refractivity contribution in [1.82, 2.24) is 0 Å². The Kier molecular flexibility index (Phi) is 3.03. The number of benzene rings is 1. The van der Waals surface area contributed by atoms with Gasteiger partial charge in [0.25, 0.3) is 0 Å². The van der Waals surface area contributed by atoms with Gasteiger partial charge in [-0.15, -0.1) is 0 Å². The number of hydrogen-bond acceptors (Lipinski definition) is 1. The Hall–Kier alpha value is -0.900. The van der Waals surface area contributed by atoms with Crippen molar-refractivity contribution in [2.24, 2.45) is 0 Å². The zero-order valence-electron chi connectivity index (χ0n) is 6.63. The summed E-state index contributed by atoms with van der Waals surface area (Å²) in [6.45, 7) is 1.77. The van der Waals surface area contributed by atoms with Crippen LogP contribution in [0.2, 0.25) is 5.02 Å².